The van der Waals surface area contributed by atoms with E-state index in [-0.39, 0.29) is 6.42 Å². The highest BCUT2D eigenvalue weighted by Crippen LogP contribution is 2.10. The van der Waals surface area contributed by atoms with Crippen molar-refractivity contribution in [2.75, 3.05) is 0 Å². The SMILES string of the molecule is C=CCc1ccccc1CC(=O)O. The van der Waals surface area contributed by atoms with Gasteiger partial charge in [0, 0.05) is 0 Å². The summed E-state index contributed by atoms with van der Waals surface area (Å²) in [6, 6.07) is 7.53. The first-order chi connectivity index (χ1) is 6.24. The lowest BCUT2D eigenvalue weighted by Crippen LogP contribution is -2.02. The summed E-state index contributed by atoms with van der Waals surface area (Å²) in [6.45, 7) is 3.63. The molecule has 0 aromatic heterocycles. The molecule has 68 valence electrons. The summed E-state index contributed by atoms with van der Waals surface area (Å²) in [6.07, 6.45) is 2.59. The van der Waals surface area contributed by atoms with Crippen molar-refractivity contribution in [3.05, 3.63) is 48.0 Å². The van der Waals surface area contributed by atoms with E-state index in [2.05, 4.69) is 6.58 Å². The van der Waals surface area contributed by atoms with Gasteiger partial charge in [0.15, 0.2) is 0 Å². The molecule has 0 amide bonds. The van der Waals surface area contributed by atoms with Gasteiger partial charge in [-0.25, -0.2) is 0 Å². The van der Waals surface area contributed by atoms with Gasteiger partial charge in [0.2, 0.25) is 0 Å². The first-order valence-corrected chi connectivity index (χ1v) is 4.13. The largest absolute Gasteiger partial charge is 0.481 e. The van der Waals surface area contributed by atoms with E-state index in [1.807, 2.05) is 24.3 Å². The van der Waals surface area contributed by atoms with Crippen LogP contribution in [0.25, 0.3) is 0 Å². The van der Waals surface area contributed by atoms with E-state index in [1.165, 1.54) is 0 Å². The van der Waals surface area contributed by atoms with Gasteiger partial charge in [-0.2, -0.15) is 0 Å². The zero-order valence-corrected chi connectivity index (χ0v) is 7.36. The Kier molecular flexibility index (Phi) is 3.26. The average molecular weight is 176 g/mol. The second-order valence-electron chi connectivity index (χ2n) is 2.83. The molecule has 2 nitrogen and oxygen atoms in total. The molecule has 1 aromatic rings. The van der Waals surface area contributed by atoms with Crippen LogP contribution in [0.2, 0.25) is 0 Å². The Morgan fingerprint density at radius 1 is 1.38 bits per heavy atom. The number of hydrogen-bond acceptors (Lipinski definition) is 1. The van der Waals surface area contributed by atoms with Crippen LogP contribution in [0.15, 0.2) is 36.9 Å². The van der Waals surface area contributed by atoms with E-state index in [9.17, 15) is 4.79 Å². The molecule has 1 N–H and O–H groups in total. The Hall–Kier alpha value is -1.57. The van der Waals surface area contributed by atoms with Crippen LogP contribution in [0.4, 0.5) is 0 Å². The summed E-state index contributed by atoms with van der Waals surface area (Å²) in [5, 5.41) is 8.63. The highest BCUT2D eigenvalue weighted by molar-refractivity contribution is 5.70. The Morgan fingerprint density at radius 3 is 2.54 bits per heavy atom. The predicted molar refractivity (Wildman–Crippen MR) is 51.7 cm³/mol. The lowest BCUT2D eigenvalue weighted by Gasteiger charge is -2.03. The van der Waals surface area contributed by atoms with Gasteiger partial charge in [-0.1, -0.05) is 30.3 Å². The van der Waals surface area contributed by atoms with Crippen LogP contribution >= 0.6 is 0 Å². The lowest BCUT2D eigenvalue weighted by atomic mass is 10.0. The molecule has 0 aliphatic heterocycles. The van der Waals surface area contributed by atoms with Crippen molar-refractivity contribution in [1.82, 2.24) is 0 Å². The molecule has 0 bridgehead atoms. The van der Waals surface area contributed by atoms with Gasteiger partial charge < -0.3 is 5.11 Å². The van der Waals surface area contributed by atoms with E-state index in [4.69, 9.17) is 5.11 Å². The molecule has 2 heteroatoms. The molecular weight excluding hydrogens is 164 g/mol. The van der Waals surface area contributed by atoms with Gasteiger partial charge in [0.25, 0.3) is 0 Å². The molecule has 0 heterocycles. The molecule has 0 saturated heterocycles. The Bertz CT molecular complexity index is 316. The summed E-state index contributed by atoms with van der Waals surface area (Å²) in [7, 11) is 0. The molecule has 0 spiro atoms. The fourth-order valence-corrected chi connectivity index (χ4v) is 1.25. The van der Waals surface area contributed by atoms with Crippen molar-refractivity contribution < 1.29 is 9.90 Å². The van der Waals surface area contributed by atoms with Crippen molar-refractivity contribution in [2.24, 2.45) is 0 Å². The van der Waals surface area contributed by atoms with Crippen molar-refractivity contribution in [3.8, 4) is 0 Å². The minimum Gasteiger partial charge on any atom is -0.481 e. The molecule has 13 heavy (non-hydrogen) atoms. The summed E-state index contributed by atoms with van der Waals surface area (Å²) < 4.78 is 0. The first kappa shape index (κ1) is 9.52. The summed E-state index contributed by atoms with van der Waals surface area (Å²) in [4.78, 5) is 10.5. The third-order valence-electron chi connectivity index (χ3n) is 1.82. The molecule has 0 fully saturated rings. The zero-order chi connectivity index (χ0) is 9.68. The molecule has 1 aromatic carbocycles. The van der Waals surface area contributed by atoms with Crippen molar-refractivity contribution in [2.45, 2.75) is 12.8 Å². The Labute approximate surface area is 77.5 Å². The van der Waals surface area contributed by atoms with Crippen LogP contribution in [-0.4, -0.2) is 11.1 Å². The van der Waals surface area contributed by atoms with E-state index in [0.29, 0.717) is 0 Å². The third-order valence-corrected chi connectivity index (χ3v) is 1.82. The number of allylic oxidation sites excluding steroid dienone is 1. The number of carbonyl (C=O) groups is 1. The molecule has 0 atom stereocenters. The molecule has 1 rings (SSSR count). The number of aliphatic carboxylic acids is 1. The summed E-state index contributed by atoms with van der Waals surface area (Å²) >= 11 is 0. The van der Waals surface area contributed by atoms with Crippen LogP contribution in [0.3, 0.4) is 0 Å². The normalized spacial score (nSPS) is 9.54. The maximum atomic E-state index is 10.5. The molecule has 0 aliphatic carbocycles. The molecule has 0 aliphatic rings. The maximum absolute atomic E-state index is 10.5. The second kappa shape index (κ2) is 4.45. The fourth-order valence-electron chi connectivity index (χ4n) is 1.25. The summed E-state index contributed by atoms with van der Waals surface area (Å²) in [5.41, 5.74) is 1.91. The number of benzene rings is 1. The van der Waals surface area contributed by atoms with Crippen molar-refractivity contribution in [1.29, 1.82) is 0 Å². The highest BCUT2D eigenvalue weighted by Gasteiger charge is 2.03. The monoisotopic (exact) mass is 176 g/mol. The van der Waals surface area contributed by atoms with Gasteiger partial charge in [-0.05, 0) is 17.5 Å². The lowest BCUT2D eigenvalue weighted by molar-refractivity contribution is -0.136. The smallest absolute Gasteiger partial charge is 0.307 e. The van der Waals surface area contributed by atoms with Crippen molar-refractivity contribution >= 4 is 5.97 Å². The highest BCUT2D eigenvalue weighted by atomic mass is 16.4. The topological polar surface area (TPSA) is 37.3 Å². The van der Waals surface area contributed by atoms with Crippen LogP contribution in [0, 0.1) is 0 Å². The van der Waals surface area contributed by atoms with E-state index in [1.54, 1.807) is 6.08 Å². The van der Waals surface area contributed by atoms with Gasteiger partial charge in [0.05, 0.1) is 6.42 Å². The van der Waals surface area contributed by atoms with Crippen LogP contribution in [-0.2, 0) is 17.6 Å². The molecule has 0 radical (unpaired) electrons. The maximum Gasteiger partial charge on any atom is 0.307 e. The van der Waals surface area contributed by atoms with E-state index in [0.717, 1.165) is 17.5 Å². The quantitative estimate of drug-likeness (QED) is 0.713. The fraction of sp³-hybridized carbons (Fsp3) is 0.182. The minimum absolute atomic E-state index is 0.0873. The number of carboxylic acid groups (broad SMARTS) is 1. The second-order valence-corrected chi connectivity index (χ2v) is 2.83. The van der Waals surface area contributed by atoms with Crippen LogP contribution in [0.5, 0.6) is 0 Å². The van der Waals surface area contributed by atoms with Crippen LogP contribution < -0.4 is 0 Å². The van der Waals surface area contributed by atoms with E-state index >= 15 is 0 Å². The standard InChI is InChI=1S/C11H12O2/c1-2-5-9-6-3-4-7-10(9)8-11(12)13/h2-4,6-7H,1,5,8H2,(H,12,13). The zero-order valence-electron chi connectivity index (χ0n) is 7.36. The first-order valence-electron chi connectivity index (χ1n) is 4.13. The number of carboxylic acids is 1. The van der Waals surface area contributed by atoms with Crippen LogP contribution in [0.1, 0.15) is 11.1 Å². The van der Waals surface area contributed by atoms with Crippen molar-refractivity contribution in [3.63, 3.8) is 0 Å². The summed E-state index contributed by atoms with van der Waals surface area (Å²) in [5.74, 6) is -0.795. The third kappa shape index (κ3) is 2.75. The van der Waals surface area contributed by atoms with Gasteiger partial charge in [-0.3, -0.25) is 4.79 Å². The molecule has 0 unspecified atom stereocenters. The number of rotatable bonds is 4. The van der Waals surface area contributed by atoms with Gasteiger partial charge >= 0.3 is 5.97 Å². The molecular formula is C11H12O2. The van der Waals surface area contributed by atoms with Gasteiger partial charge in [-0.15, -0.1) is 6.58 Å². The Balaban J connectivity index is 2.90. The minimum atomic E-state index is -0.795. The average Bonchev–Trinajstić information content (AvgIpc) is 2.08. The predicted octanol–water partition coefficient (Wildman–Crippen LogP) is 2.04. The van der Waals surface area contributed by atoms with Gasteiger partial charge in [0.1, 0.15) is 0 Å². The number of hydrogen-bond donors (Lipinski definition) is 1. The molecule has 0 saturated carbocycles. The Morgan fingerprint density at radius 2 is 2.00 bits per heavy atom. The van der Waals surface area contributed by atoms with E-state index < -0.39 is 5.97 Å².